The fraction of sp³-hybridized carbons (Fsp3) is 0.571. The molecule has 2 nitrogen and oxygen atoms in total. The average molecular weight is 236 g/mol. The Morgan fingerprint density at radius 2 is 2.06 bits per heavy atom. The second-order valence-electron chi connectivity index (χ2n) is 5.25. The molecule has 0 heterocycles. The van der Waals surface area contributed by atoms with Crippen LogP contribution < -0.4 is 11.1 Å². The number of nitrogen functional groups attached to an aromatic ring is 1. The summed E-state index contributed by atoms with van der Waals surface area (Å²) in [5.74, 6) is 1.08. The van der Waals surface area contributed by atoms with Crippen LogP contribution in [0.1, 0.15) is 33.1 Å². The molecule has 0 aromatic heterocycles. The molecule has 3 atom stereocenters. The molecule has 0 spiro atoms. The predicted molar refractivity (Wildman–Crippen MR) is 70.4 cm³/mol. The van der Waals surface area contributed by atoms with Crippen LogP contribution >= 0.6 is 0 Å². The van der Waals surface area contributed by atoms with E-state index in [1.54, 1.807) is 6.07 Å². The first kappa shape index (κ1) is 12.2. The summed E-state index contributed by atoms with van der Waals surface area (Å²) in [7, 11) is 0. The largest absolute Gasteiger partial charge is 0.397 e. The van der Waals surface area contributed by atoms with Gasteiger partial charge in [0, 0.05) is 6.04 Å². The van der Waals surface area contributed by atoms with Gasteiger partial charge >= 0.3 is 0 Å². The Morgan fingerprint density at radius 3 is 2.82 bits per heavy atom. The zero-order valence-corrected chi connectivity index (χ0v) is 10.5. The number of rotatable bonds is 2. The van der Waals surface area contributed by atoms with Crippen LogP contribution in [-0.4, -0.2) is 6.04 Å². The van der Waals surface area contributed by atoms with E-state index in [1.807, 2.05) is 0 Å². The number of hydrogen-bond donors (Lipinski definition) is 2. The SMILES string of the molecule is CC1CCCC(Nc2cc(F)ccc2N)C1C. The first-order valence-electron chi connectivity index (χ1n) is 6.39. The highest BCUT2D eigenvalue weighted by molar-refractivity contribution is 5.66. The lowest BCUT2D eigenvalue weighted by molar-refractivity contribution is 0.253. The van der Waals surface area contributed by atoms with E-state index >= 15 is 0 Å². The lowest BCUT2D eigenvalue weighted by Gasteiger charge is -2.35. The van der Waals surface area contributed by atoms with Gasteiger partial charge in [0.25, 0.3) is 0 Å². The highest BCUT2D eigenvalue weighted by Crippen LogP contribution is 2.32. The molecule has 0 aliphatic heterocycles. The molecular weight excluding hydrogens is 215 g/mol. The van der Waals surface area contributed by atoms with E-state index < -0.39 is 0 Å². The van der Waals surface area contributed by atoms with Crippen molar-refractivity contribution in [3.05, 3.63) is 24.0 Å². The third kappa shape index (κ3) is 2.71. The Morgan fingerprint density at radius 1 is 1.29 bits per heavy atom. The van der Waals surface area contributed by atoms with Crippen molar-refractivity contribution in [2.45, 2.75) is 39.2 Å². The zero-order chi connectivity index (χ0) is 12.4. The van der Waals surface area contributed by atoms with Gasteiger partial charge in [0.1, 0.15) is 5.82 Å². The van der Waals surface area contributed by atoms with Crippen molar-refractivity contribution in [3.63, 3.8) is 0 Å². The Bertz CT molecular complexity index is 392. The summed E-state index contributed by atoms with van der Waals surface area (Å²) in [5.41, 5.74) is 7.21. The summed E-state index contributed by atoms with van der Waals surface area (Å²) in [6.45, 7) is 4.55. The first-order chi connectivity index (χ1) is 8.08. The monoisotopic (exact) mass is 236 g/mol. The van der Waals surface area contributed by atoms with Crippen LogP contribution in [0.2, 0.25) is 0 Å². The maximum atomic E-state index is 13.2. The van der Waals surface area contributed by atoms with E-state index in [-0.39, 0.29) is 5.82 Å². The van der Waals surface area contributed by atoms with E-state index in [4.69, 9.17) is 5.73 Å². The molecule has 1 fully saturated rings. The highest BCUT2D eigenvalue weighted by atomic mass is 19.1. The fourth-order valence-corrected chi connectivity index (χ4v) is 2.64. The van der Waals surface area contributed by atoms with E-state index in [1.165, 1.54) is 25.0 Å². The summed E-state index contributed by atoms with van der Waals surface area (Å²) in [5, 5.41) is 3.41. The van der Waals surface area contributed by atoms with Crippen LogP contribution in [0.15, 0.2) is 18.2 Å². The van der Waals surface area contributed by atoms with E-state index in [2.05, 4.69) is 19.2 Å². The molecule has 1 aromatic carbocycles. The molecule has 1 aliphatic rings. The van der Waals surface area contributed by atoms with Crippen molar-refractivity contribution in [3.8, 4) is 0 Å². The Balaban J connectivity index is 2.11. The summed E-state index contributed by atoms with van der Waals surface area (Å²) in [6.07, 6.45) is 3.66. The van der Waals surface area contributed by atoms with Gasteiger partial charge in [0.2, 0.25) is 0 Å². The van der Waals surface area contributed by atoms with Crippen LogP contribution in [-0.2, 0) is 0 Å². The van der Waals surface area contributed by atoms with Crippen molar-refractivity contribution in [1.82, 2.24) is 0 Å². The maximum absolute atomic E-state index is 13.2. The molecule has 3 unspecified atom stereocenters. The van der Waals surface area contributed by atoms with E-state index in [9.17, 15) is 4.39 Å². The third-order valence-corrected chi connectivity index (χ3v) is 4.06. The summed E-state index contributed by atoms with van der Waals surface area (Å²) < 4.78 is 13.2. The molecule has 94 valence electrons. The van der Waals surface area contributed by atoms with Crippen molar-refractivity contribution < 1.29 is 4.39 Å². The standard InChI is InChI=1S/C14H21FN2/c1-9-4-3-5-13(10(9)2)17-14-8-11(15)6-7-12(14)16/h6-10,13,17H,3-5,16H2,1-2H3. The Kier molecular flexibility index (Phi) is 3.55. The Labute approximate surface area is 102 Å². The van der Waals surface area contributed by atoms with E-state index in [0.717, 1.165) is 18.0 Å². The van der Waals surface area contributed by atoms with Gasteiger partial charge in [-0.1, -0.05) is 26.7 Å². The third-order valence-electron chi connectivity index (χ3n) is 4.06. The van der Waals surface area contributed by atoms with Crippen molar-refractivity contribution in [2.24, 2.45) is 11.8 Å². The average Bonchev–Trinajstić information content (AvgIpc) is 2.30. The Hall–Kier alpha value is -1.25. The van der Waals surface area contributed by atoms with Gasteiger partial charge in [-0.15, -0.1) is 0 Å². The topological polar surface area (TPSA) is 38.0 Å². The first-order valence-corrected chi connectivity index (χ1v) is 6.39. The molecule has 1 aromatic rings. The number of benzene rings is 1. The molecule has 0 bridgehead atoms. The highest BCUT2D eigenvalue weighted by Gasteiger charge is 2.27. The van der Waals surface area contributed by atoms with Crippen LogP contribution in [0.3, 0.4) is 0 Å². The molecule has 3 N–H and O–H groups in total. The summed E-state index contributed by atoms with van der Waals surface area (Å²) in [6, 6.07) is 4.91. The molecule has 2 rings (SSSR count). The van der Waals surface area contributed by atoms with Gasteiger partial charge in [-0.05, 0) is 36.5 Å². The molecule has 1 aliphatic carbocycles. The molecule has 0 radical (unpaired) electrons. The molecule has 17 heavy (non-hydrogen) atoms. The van der Waals surface area contributed by atoms with Crippen molar-refractivity contribution in [1.29, 1.82) is 0 Å². The van der Waals surface area contributed by atoms with Crippen LogP contribution in [0.4, 0.5) is 15.8 Å². The molecule has 1 saturated carbocycles. The number of hydrogen-bond acceptors (Lipinski definition) is 2. The van der Waals surface area contributed by atoms with Gasteiger partial charge in [-0.3, -0.25) is 0 Å². The summed E-state index contributed by atoms with van der Waals surface area (Å²) in [4.78, 5) is 0. The minimum Gasteiger partial charge on any atom is -0.397 e. The van der Waals surface area contributed by atoms with Gasteiger partial charge in [-0.2, -0.15) is 0 Å². The van der Waals surface area contributed by atoms with Gasteiger partial charge in [0.05, 0.1) is 11.4 Å². The lowest BCUT2D eigenvalue weighted by atomic mass is 9.78. The second-order valence-corrected chi connectivity index (χ2v) is 5.25. The molecule has 0 saturated heterocycles. The second kappa shape index (κ2) is 4.94. The molecule has 0 amide bonds. The summed E-state index contributed by atoms with van der Waals surface area (Å²) >= 11 is 0. The maximum Gasteiger partial charge on any atom is 0.125 e. The lowest BCUT2D eigenvalue weighted by Crippen LogP contribution is -2.35. The van der Waals surface area contributed by atoms with Gasteiger partial charge in [0.15, 0.2) is 0 Å². The van der Waals surface area contributed by atoms with Crippen molar-refractivity contribution in [2.75, 3.05) is 11.1 Å². The zero-order valence-electron chi connectivity index (χ0n) is 10.5. The normalized spacial score (nSPS) is 29.0. The van der Waals surface area contributed by atoms with Crippen LogP contribution in [0.5, 0.6) is 0 Å². The van der Waals surface area contributed by atoms with Crippen LogP contribution in [0, 0.1) is 17.7 Å². The predicted octanol–water partition coefficient (Wildman–Crippen LogP) is 3.64. The smallest absolute Gasteiger partial charge is 0.125 e. The van der Waals surface area contributed by atoms with Gasteiger partial charge < -0.3 is 11.1 Å². The number of anilines is 2. The number of nitrogens with two attached hydrogens (primary N) is 1. The molecular formula is C14H21FN2. The van der Waals surface area contributed by atoms with Gasteiger partial charge in [-0.25, -0.2) is 4.39 Å². The fourth-order valence-electron chi connectivity index (χ4n) is 2.64. The quantitative estimate of drug-likeness (QED) is 0.769. The number of halogens is 1. The minimum absolute atomic E-state index is 0.238. The van der Waals surface area contributed by atoms with E-state index in [0.29, 0.717) is 17.6 Å². The van der Waals surface area contributed by atoms with Crippen LogP contribution in [0.25, 0.3) is 0 Å². The molecule has 3 heteroatoms. The van der Waals surface area contributed by atoms with Crippen molar-refractivity contribution >= 4 is 11.4 Å². The minimum atomic E-state index is -0.238. The number of nitrogens with one attached hydrogen (secondary N) is 1.